The molecule has 0 heterocycles. The Labute approximate surface area is 103 Å². The third kappa shape index (κ3) is 2.88. The Balaban J connectivity index is 2.19. The zero-order chi connectivity index (χ0) is 12.1. The smallest absolute Gasteiger partial charge is 0.0511 e. The first kappa shape index (κ1) is 11.7. The first-order valence-corrected chi connectivity index (χ1v) is 6.18. The molecular formula is C16H19N. The average molecular weight is 225 g/mol. The van der Waals surface area contributed by atoms with Crippen LogP contribution in [0.3, 0.4) is 0 Å². The number of benzene rings is 2. The lowest BCUT2D eigenvalue weighted by Crippen LogP contribution is -2.10. The Hall–Kier alpha value is -1.76. The summed E-state index contributed by atoms with van der Waals surface area (Å²) in [5.41, 5.74) is 3.86. The van der Waals surface area contributed by atoms with Crippen molar-refractivity contribution >= 4 is 5.69 Å². The SMILES string of the molecule is CCC(Nc1ccccc1C)c1ccccc1. The summed E-state index contributed by atoms with van der Waals surface area (Å²) in [6.07, 6.45) is 1.08. The van der Waals surface area contributed by atoms with E-state index in [-0.39, 0.29) is 0 Å². The van der Waals surface area contributed by atoms with Crippen LogP contribution in [0.2, 0.25) is 0 Å². The molecule has 88 valence electrons. The van der Waals surface area contributed by atoms with Crippen LogP contribution in [0.4, 0.5) is 5.69 Å². The molecular weight excluding hydrogens is 206 g/mol. The monoisotopic (exact) mass is 225 g/mol. The van der Waals surface area contributed by atoms with E-state index < -0.39 is 0 Å². The minimum Gasteiger partial charge on any atom is -0.378 e. The van der Waals surface area contributed by atoms with Crippen LogP contribution < -0.4 is 5.32 Å². The molecule has 1 N–H and O–H groups in total. The Kier molecular flexibility index (Phi) is 3.81. The second-order valence-electron chi connectivity index (χ2n) is 4.33. The van der Waals surface area contributed by atoms with Crippen molar-refractivity contribution in [2.45, 2.75) is 26.3 Å². The highest BCUT2D eigenvalue weighted by molar-refractivity contribution is 5.51. The fourth-order valence-electron chi connectivity index (χ4n) is 2.03. The molecule has 0 aliphatic carbocycles. The Bertz CT molecular complexity index is 462. The Morgan fingerprint density at radius 1 is 0.941 bits per heavy atom. The number of aryl methyl sites for hydroxylation is 1. The van der Waals surface area contributed by atoms with E-state index >= 15 is 0 Å². The number of hydrogen-bond donors (Lipinski definition) is 1. The second-order valence-corrected chi connectivity index (χ2v) is 4.33. The van der Waals surface area contributed by atoms with Crippen LogP contribution in [0.15, 0.2) is 54.6 Å². The normalized spacial score (nSPS) is 12.1. The molecule has 2 aromatic rings. The number of anilines is 1. The third-order valence-electron chi connectivity index (χ3n) is 3.08. The van der Waals surface area contributed by atoms with Gasteiger partial charge in [-0.2, -0.15) is 0 Å². The van der Waals surface area contributed by atoms with Gasteiger partial charge in [-0.25, -0.2) is 0 Å². The molecule has 0 spiro atoms. The van der Waals surface area contributed by atoms with Crippen molar-refractivity contribution < 1.29 is 0 Å². The lowest BCUT2D eigenvalue weighted by molar-refractivity contribution is 0.748. The summed E-state index contributed by atoms with van der Waals surface area (Å²) in [4.78, 5) is 0. The van der Waals surface area contributed by atoms with Crippen LogP contribution >= 0.6 is 0 Å². The number of rotatable bonds is 4. The molecule has 0 saturated carbocycles. The zero-order valence-corrected chi connectivity index (χ0v) is 10.5. The highest BCUT2D eigenvalue weighted by atomic mass is 14.9. The maximum Gasteiger partial charge on any atom is 0.0511 e. The molecule has 0 fully saturated rings. The van der Waals surface area contributed by atoms with Gasteiger partial charge >= 0.3 is 0 Å². The molecule has 0 saturated heterocycles. The lowest BCUT2D eigenvalue weighted by Gasteiger charge is -2.20. The summed E-state index contributed by atoms with van der Waals surface area (Å²) in [5, 5.41) is 3.61. The van der Waals surface area contributed by atoms with Crippen LogP contribution in [-0.4, -0.2) is 0 Å². The van der Waals surface area contributed by atoms with Gasteiger partial charge in [0, 0.05) is 5.69 Å². The van der Waals surface area contributed by atoms with Gasteiger partial charge < -0.3 is 5.32 Å². The van der Waals surface area contributed by atoms with Gasteiger partial charge in [-0.15, -0.1) is 0 Å². The highest BCUT2D eigenvalue weighted by Crippen LogP contribution is 2.24. The number of hydrogen-bond acceptors (Lipinski definition) is 1. The molecule has 1 nitrogen and oxygen atoms in total. The Morgan fingerprint density at radius 2 is 1.59 bits per heavy atom. The fraction of sp³-hybridized carbons (Fsp3) is 0.250. The molecule has 0 bridgehead atoms. The second kappa shape index (κ2) is 5.53. The van der Waals surface area contributed by atoms with E-state index in [2.05, 4.69) is 73.8 Å². The van der Waals surface area contributed by atoms with Crippen LogP contribution in [0.1, 0.15) is 30.5 Å². The van der Waals surface area contributed by atoms with E-state index in [1.165, 1.54) is 16.8 Å². The largest absolute Gasteiger partial charge is 0.378 e. The molecule has 0 amide bonds. The molecule has 0 aliphatic heterocycles. The highest BCUT2D eigenvalue weighted by Gasteiger charge is 2.08. The van der Waals surface area contributed by atoms with E-state index in [0.29, 0.717) is 6.04 Å². The van der Waals surface area contributed by atoms with Crippen molar-refractivity contribution in [3.8, 4) is 0 Å². The summed E-state index contributed by atoms with van der Waals surface area (Å²) >= 11 is 0. The first-order valence-electron chi connectivity index (χ1n) is 6.18. The maximum absolute atomic E-state index is 3.61. The standard InChI is InChI=1S/C16H19N/c1-3-15(14-10-5-4-6-11-14)17-16-12-8-7-9-13(16)2/h4-12,15,17H,3H2,1-2H3. The molecule has 0 radical (unpaired) electrons. The predicted molar refractivity (Wildman–Crippen MR) is 74.3 cm³/mol. The van der Waals surface area contributed by atoms with E-state index in [9.17, 15) is 0 Å². The molecule has 1 atom stereocenters. The summed E-state index contributed by atoms with van der Waals surface area (Å²) in [7, 11) is 0. The molecule has 0 aromatic heterocycles. The van der Waals surface area contributed by atoms with E-state index in [1.54, 1.807) is 0 Å². The summed E-state index contributed by atoms with van der Waals surface area (Å²) < 4.78 is 0. The van der Waals surface area contributed by atoms with Crippen LogP contribution in [-0.2, 0) is 0 Å². The van der Waals surface area contributed by atoms with Gasteiger partial charge in [0.25, 0.3) is 0 Å². The van der Waals surface area contributed by atoms with Gasteiger partial charge in [0.05, 0.1) is 6.04 Å². The van der Waals surface area contributed by atoms with Crippen LogP contribution in [0, 0.1) is 6.92 Å². The van der Waals surface area contributed by atoms with Gasteiger partial charge in [-0.1, -0.05) is 55.5 Å². The van der Waals surface area contributed by atoms with Crippen molar-refractivity contribution in [2.24, 2.45) is 0 Å². The fourth-order valence-corrected chi connectivity index (χ4v) is 2.03. The van der Waals surface area contributed by atoms with Gasteiger partial charge in [-0.05, 0) is 30.5 Å². The Morgan fingerprint density at radius 3 is 2.24 bits per heavy atom. The van der Waals surface area contributed by atoms with Crippen molar-refractivity contribution in [3.63, 3.8) is 0 Å². The minimum absolute atomic E-state index is 0.386. The van der Waals surface area contributed by atoms with Gasteiger partial charge in [0.1, 0.15) is 0 Å². The zero-order valence-electron chi connectivity index (χ0n) is 10.5. The quantitative estimate of drug-likeness (QED) is 0.804. The van der Waals surface area contributed by atoms with Crippen molar-refractivity contribution in [3.05, 3.63) is 65.7 Å². The van der Waals surface area contributed by atoms with E-state index in [4.69, 9.17) is 0 Å². The topological polar surface area (TPSA) is 12.0 Å². The van der Waals surface area contributed by atoms with Crippen molar-refractivity contribution in [1.82, 2.24) is 0 Å². The predicted octanol–water partition coefficient (Wildman–Crippen LogP) is 4.56. The molecule has 0 aliphatic rings. The van der Waals surface area contributed by atoms with Gasteiger partial charge in [0.15, 0.2) is 0 Å². The summed E-state index contributed by atoms with van der Waals surface area (Å²) in [5.74, 6) is 0. The van der Waals surface area contributed by atoms with Crippen molar-refractivity contribution in [2.75, 3.05) is 5.32 Å². The number of para-hydroxylation sites is 1. The minimum atomic E-state index is 0.386. The van der Waals surface area contributed by atoms with Crippen LogP contribution in [0.5, 0.6) is 0 Å². The third-order valence-corrected chi connectivity index (χ3v) is 3.08. The van der Waals surface area contributed by atoms with Crippen molar-refractivity contribution in [1.29, 1.82) is 0 Å². The number of nitrogens with one attached hydrogen (secondary N) is 1. The molecule has 1 unspecified atom stereocenters. The van der Waals surface area contributed by atoms with Gasteiger partial charge in [-0.3, -0.25) is 0 Å². The lowest BCUT2D eigenvalue weighted by atomic mass is 10.0. The van der Waals surface area contributed by atoms with Gasteiger partial charge in [0.2, 0.25) is 0 Å². The van der Waals surface area contributed by atoms with E-state index in [1.807, 2.05) is 0 Å². The molecule has 2 rings (SSSR count). The summed E-state index contributed by atoms with van der Waals surface area (Å²) in [6.45, 7) is 4.35. The van der Waals surface area contributed by atoms with E-state index in [0.717, 1.165) is 6.42 Å². The molecule has 1 heteroatoms. The molecule has 17 heavy (non-hydrogen) atoms. The average Bonchev–Trinajstić information content (AvgIpc) is 2.39. The van der Waals surface area contributed by atoms with Crippen LogP contribution in [0.25, 0.3) is 0 Å². The maximum atomic E-state index is 3.61. The first-order chi connectivity index (χ1) is 8.31. The molecule has 2 aromatic carbocycles. The summed E-state index contributed by atoms with van der Waals surface area (Å²) in [6, 6.07) is 19.4.